The number of rotatable bonds is 5. The van der Waals surface area contributed by atoms with Crippen LogP contribution in [-0.4, -0.2) is 33.1 Å². The molecule has 1 atom stereocenters. The van der Waals surface area contributed by atoms with Gasteiger partial charge >= 0.3 is 0 Å². The zero-order chi connectivity index (χ0) is 7.98. The van der Waals surface area contributed by atoms with Crippen molar-refractivity contribution >= 4 is 0 Å². The molecule has 0 saturated heterocycles. The molecule has 0 amide bonds. The summed E-state index contributed by atoms with van der Waals surface area (Å²) < 4.78 is 9.83. The van der Waals surface area contributed by atoms with Crippen molar-refractivity contribution < 1.29 is 9.47 Å². The molecule has 0 spiro atoms. The van der Waals surface area contributed by atoms with Gasteiger partial charge in [-0.05, 0) is 0 Å². The molecule has 0 aliphatic heterocycles. The molecule has 0 aromatic heterocycles. The number of methoxy groups -OCH3 is 2. The zero-order valence-electron chi connectivity index (χ0n) is 6.54. The molecule has 0 aliphatic carbocycles. The van der Waals surface area contributed by atoms with Gasteiger partial charge in [-0.1, -0.05) is 0 Å². The van der Waals surface area contributed by atoms with E-state index in [2.05, 4.69) is 0 Å². The van der Waals surface area contributed by atoms with Crippen LogP contribution in [0.3, 0.4) is 0 Å². The van der Waals surface area contributed by atoms with E-state index in [0.717, 1.165) is 0 Å². The quantitative estimate of drug-likeness (QED) is 0.505. The molecular formula is C6H16N2O2. The van der Waals surface area contributed by atoms with Gasteiger partial charge in [-0.15, -0.1) is 0 Å². The molecule has 4 N–H and O–H groups in total. The van der Waals surface area contributed by atoms with E-state index >= 15 is 0 Å². The third-order valence-corrected chi connectivity index (χ3v) is 1.32. The molecular weight excluding hydrogens is 132 g/mol. The van der Waals surface area contributed by atoms with Gasteiger partial charge < -0.3 is 20.9 Å². The lowest BCUT2D eigenvalue weighted by atomic mass is 10.2. The summed E-state index contributed by atoms with van der Waals surface area (Å²) in [5.41, 5.74) is 10.8. The molecule has 0 bridgehead atoms. The minimum absolute atomic E-state index is 0.0371. The lowest BCUT2D eigenvalue weighted by molar-refractivity contribution is -0.108. The fourth-order valence-electron chi connectivity index (χ4n) is 0.632. The van der Waals surface area contributed by atoms with E-state index in [-0.39, 0.29) is 12.3 Å². The van der Waals surface area contributed by atoms with Crippen LogP contribution in [0.2, 0.25) is 0 Å². The summed E-state index contributed by atoms with van der Waals surface area (Å²) in [4.78, 5) is 0. The molecule has 4 nitrogen and oxygen atoms in total. The number of hydrogen-bond acceptors (Lipinski definition) is 4. The summed E-state index contributed by atoms with van der Waals surface area (Å²) in [5, 5.41) is 0. The van der Waals surface area contributed by atoms with Crippen molar-refractivity contribution in [3.05, 3.63) is 0 Å². The molecule has 0 aliphatic rings. The summed E-state index contributed by atoms with van der Waals surface area (Å²) >= 11 is 0. The molecule has 1 unspecified atom stereocenters. The highest BCUT2D eigenvalue weighted by atomic mass is 16.7. The van der Waals surface area contributed by atoms with Crippen LogP contribution in [0.15, 0.2) is 0 Å². The Kier molecular flexibility index (Phi) is 5.52. The first-order valence-corrected chi connectivity index (χ1v) is 3.25. The summed E-state index contributed by atoms with van der Waals surface area (Å²) in [6, 6.07) is -0.0371. The Balaban J connectivity index is 3.41. The molecule has 62 valence electrons. The van der Waals surface area contributed by atoms with Gasteiger partial charge in [-0.2, -0.15) is 0 Å². The van der Waals surface area contributed by atoms with Crippen molar-refractivity contribution in [3.63, 3.8) is 0 Å². The van der Waals surface area contributed by atoms with Crippen LogP contribution < -0.4 is 11.5 Å². The largest absolute Gasteiger partial charge is 0.356 e. The maximum Gasteiger partial charge on any atom is 0.158 e. The molecule has 0 aromatic rings. The van der Waals surface area contributed by atoms with Gasteiger partial charge in [-0.3, -0.25) is 0 Å². The molecule has 0 fully saturated rings. The Morgan fingerprint density at radius 3 is 2.10 bits per heavy atom. The second-order valence-electron chi connectivity index (χ2n) is 2.13. The second kappa shape index (κ2) is 5.61. The van der Waals surface area contributed by atoms with Crippen molar-refractivity contribution in [1.29, 1.82) is 0 Å². The van der Waals surface area contributed by atoms with Crippen LogP contribution in [0, 0.1) is 0 Å². The Morgan fingerprint density at radius 2 is 1.80 bits per heavy atom. The number of nitrogens with two attached hydrogens (primary N) is 2. The summed E-state index contributed by atoms with van der Waals surface area (Å²) in [5.74, 6) is 0. The standard InChI is InChI=1S/C6H16N2O2/c1-9-6(10-2)3-5(8)4-7/h5-6H,3-4,7-8H2,1-2H3. The van der Waals surface area contributed by atoms with E-state index in [1.807, 2.05) is 0 Å². The lowest BCUT2D eigenvalue weighted by Gasteiger charge is -2.16. The number of ether oxygens (including phenoxy) is 2. The van der Waals surface area contributed by atoms with Crippen LogP contribution in [0.4, 0.5) is 0 Å². The normalized spacial score (nSPS) is 14.1. The monoisotopic (exact) mass is 148 g/mol. The minimum atomic E-state index is -0.224. The van der Waals surface area contributed by atoms with Crippen molar-refractivity contribution in [3.8, 4) is 0 Å². The van der Waals surface area contributed by atoms with Gasteiger partial charge in [0.1, 0.15) is 0 Å². The summed E-state index contributed by atoms with van der Waals surface area (Å²) in [6.07, 6.45) is 0.419. The van der Waals surface area contributed by atoms with Crippen LogP contribution in [0.1, 0.15) is 6.42 Å². The highest BCUT2D eigenvalue weighted by molar-refractivity contribution is 4.62. The van der Waals surface area contributed by atoms with E-state index in [1.54, 1.807) is 14.2 Å². The first-order valence-electron chi connectivity index (χ1n) is 3.25. The third-order valence-electron chi connectivity index (χ3n) is 1.32. The summed E-state index contributed by atoms with van der Waals surface area (Å²) in [7, 11) is 3.16. The predicted octanol–water partition coefficient (Wildman–Crippen LogP) is -0.719. The maximum atomic E-state index is 5.54. The van der Waals surface area contributed by atoms with Crippen molar-refractivity contribution in [1.82, 2.24) is 0 Å². The van der Waals surface area contributed by atoms with Crippen molar-refractivity contribution in [2.24, 2.45) is 11.5 Å². The van der Waals surface area contributed by atoms with Gasteiger partial charge in [0.25, 0.3) is 0 Å². The van der Waals surface area contributed by atoms with Crippen LogP contribution >= 0.6 is 0 Å². The fourth-order valence-corrected chi connectivity index (χ4v) is 0.632. The molecule has 0 aromatic carbocycles. The van der Waals surface area contributed by atoms with Crippen LogP contribution in [-0.2, 0) is 9.47 Å². The number of hydrogen-bond donors (Lipinski definition) is 2. The highest BCUT2D eigenvalue weighted by Gasteiger charge is 2.09. The van der Waals surface area contributed by atoms with E-state index in [4.69, 9.17) is 20.9 Å². The van der Waals surface area contributed by atoms with E-state index in [1.165, 1.54) is 0 Å². The summed E-state index contributed by atoms with van der Waals surface area (Å²) in [6.45, 7) is 0.462. The van der Waals surface area contributed by atoms with Gasteiger partial charge in [0, 0.05) is 33.2 Å². The lowest BCUT2D eigenvalue weighted by Crippen LogP contribution is -2.34. The second-order valence-corrected chi connectivity index (χ2v) is 2.13. The van der Waals surface area contributed by atoms with Crippen molar-refractivity contribution in [2.45, 2.75) is 18.8 Å². The van der Waals surface area contributed by atoms with Crippen LogP contribution in [0.5, 0.6) is 0 Å². The highest BCUT2D eigenvalue weighted by Crippen LogP contribution is 1.99. The average Bonchev–Trinajstić information content (AvgIpc) is 1.99. The Bertz CT molecular complexity index is 76.1. The third kappa shape index (κ3) is 3.79. The predicted molar refractivity (Wildman–Crippen MR) is 39.5 cm³/mol. The zero-order valence-corrected chi connectivity index (χ0v) is 6.54. The maximum absolute atomic E-state index is 5.54. The van der Waals surface area contributed by atoms with Crippen molar-refractivity contribution in [2.75, 3.05) is 20.8 Å². The van der Waals surface area contributed by atoms with E-state index < -0.39 is 0 Å². The fraction of sp³-hybridized carbons (Fsp3) is 1.00. The van der Waals surface area contributed by atoms with E-state index in [0.29, 0.717) is 13.0 Å². The Hall–Kier alpha value is -0.160. The topological polar surface area (TPSA) is 70.5 Å². The molecule has 10 heavy (non-hydrogen) atoms. The molecule has 0 saturated carbocycles. The SMILES string of the molecule is COC(CC(N)CN)OC. The Labute approximate surface area is 61.5 Å². The van der Waals surface area contributed by atoms with Gasteiger partial charge in [0.05, 0.1) is 0 Å². The first kappa shape index (κ1) is 9.84. The first-order chi connectivity index (χ1) is 4.74. The average molecular weight is 148 g/mol. The van der Waals surface area contributed by atoms with Gasteiger partial charge in [0.15, 0.2) is 6.29 Å². The molecule has 0 rings (SSSR count). The van der Waals surface area contributed by atoms with Gasteiger partial charge in [-0.25, -0.2) is 0 Å². The minimum Gasteiger partial charge on any atom is -0.356 e. The van der Waals surface area contributed by atoms with Gasteiger partial charge in [0.2, 0.25) is 0 Å². The molecule has 4 heteroatoms. The Morgan fingerprint density at radius 1 is 1.30 bits per heavy atom. The molecule has 0 radical (unpaired) electrons. The molecule has 0 heterocycles. The van der Waals surface area contributed by atoms with E-state index in [9.17, 15) is 0 Å². The van der Waals surface area contributed by atoms with Crippen LogP contribution in [0.25, 0.3) is 0 Å². The smallest absolute Gasteiger partial charge is 0.158 e.